The average molecular weight is 490 g/mol. The van der Waals surface area contributed by atoms with Crippen LogP contribution < -0.4 is 9.62 Å². The van der Waals surface area contributed by atoms with Gasteiger partial charge in [-0.05, 0) is 51.2 Å². The Kier molecular flexibility index (Phi) is 6.94. The molecule has 0 spiro atoms. The van der Waals surface area contributed by atoms with E-state index in [0.29, 0.717) is 31.2 Å². The van der Waals surface area contributed by atoms with Crippen molar-refractivity contribution < 1.29 is 13.3 Å². The zero-order chi connectivity index (χ0) is 23.6. The Morgan fingerprint density at radius 1 is 1.21 bits per heavy atom. The van der Waals surface area contributed by atoms with Crippen LogP contribution in [-0.4, -0.2) is 63.5 Å². The van der Waals surface area contributed by atoms with Gasteiger partial charge < -0.3 is 9.80 Å². The number of hydrogen-bond acceptors (Lipinski definition) is 8. The van der Waals surface area contributed by atoms with Crippen LogP contribution in [0.25, 0.3) is 10.2 Å². The fourth-order valence-corrected chi connectivity index (χ4v) is 6.18. The second kappa shape index (κ2) is 9.72. The van der Waals surface area contributed by atoms with E-state index < -0.39 is 14.9 Å². The van der Waals surface area contributed by atoms with Crippen molar-refractivity contribution in [3.05, 3.63) is 57.6 Å². The number of benzene rings is 2. The third-order valence-electron chi connectivity index (χ3n) is 5.80. The fourth-order valence-electron chi connectivity index (χ4n) is 4.00. The molecular formula is C22H27N5O4S2. The number of likely N-dealkylation sites (N-methyl/N-ethyl adjacent to an activating group) is 1. The van der Waals surface area contributed by atoms with Gasteiger partial charge in [0.2, 0.25) is 10.0 Å². The Bertz CT molecular complexity index is 1220. The molecule has 11 heteroatoms. The molecule has 0 bridgehead atoms. The highest BCUT2D eigenvalue weighted by Gasteiger charge is 2.29. The summed E-state index contributed by atoms with van der Waals surface area (Å²) < 4.78 is 28.8. The summed E-state index contributed by atoms with van der Waals surface area (Å²) in [6, 6.07) is 12.2. The summed E-state index contributed by atoms with van der Waals surface area (Å²) in [6.45, 7) is 2.05. The van der Waals surface area contributed by atoms with Crippen molar-refractivity contribution in [3.63, 3.8) is 0 Å². The Morgan fingerprint density at radius 2 is 1.94 bits per heavy atom. The van der Waals surface area contributed by atoms with Gasteiger partial charge in [-0.2, -0.15) is 0 Å². The lowest BCUT2D eigenvalue weighted by molar-refractivity contribution is -0.384. The summed E-state index contributed by atoms with van der Waals surface area (Å²) in [5.41, 5.74) is 1.27. The molecule has 2 aromatic carbocycles. The molecule has 1 fully saturated rings. The quantitative estimate of drug-likeness (QED) is 0.381. The van der Waals surface area contributed by atoms with Crippen LogP contribution >= 0.6 is 11.3 Å². The predicted molar refractivity (Wildman–Crippen MR) is 131 cm³/mol. The summed E-state index contributed by atoms with van der Waals surface area (Å²) in [4.78, 5) is 19.8. The van der Waals surface area contributed by atoms with Gasteiger partial charge in [0.15, 0.2) is 0 Å². The molecule has 0 radical (unpaired) electrons. The Balaban J connectivity index is 1.49. The number of anilines is 1. The highest BCUT2D eigenvalue weighted by Crippen LogP contribution is 2.38. The van der Waals surface area contributed by atoms with Gasteiger partial charge in [-0.25, -0.2) is 18.1 Å². The number of aromatic nitrogens is 1. The first-order valence-electron chi connectivity index (χ1n) is 10.8. The summed E-state index contributed by atoms with van der Waals surface area (Å²) in [5, 5.41) is 12.9. The van der Waals surface area contributed by atoms with E-state index in [-0.39, 0.29) is 17.1 Å². The summed E-state index contributed by atoms with van der Waals surface area (Å²) in [5.74, 6) is 0.318. The van der Waals surface area contributed by atoms with Crippen molar-refractivity contribution in [2.75, 3.05) is 45.2 Å². The number of para-hydroxylation sites is 1. The molecule has 0 amide bonds. The minimum absolute atomic E-state index is 0.0962. The van der Waals surface area contributed by atoms with Crippen molar-refractivity contribution in [1.82, 2.24) is 14.6 Å². The highest BCUT2D eigenvalue weighted by atomic mass is 32.2. The molecule has 4 rings (SSSR count). The monoisotopic (exact) mass is 489 g/mol. The number of nitro groups is 1. The third-order valence-corrected chi connectivity index (χ3v) is 8.46. The summed E-state index contributed by atoms with van der Waals surface area (Å²) in [7, 11) is -0.141. The van der Waals surface area contributed by atoms with Crippen molar-refractivity contribution in [2.24, 2.45) is 0 Å². The molecule has 176 valence electrons. The van der Waals surface area contributed by atoms with Gasteiger partial charge in [0, 0.05) is 38.2 Å². The second-order valence-corrected chi connectivity index (χ2v) is 11.2. The number of fused-ring (bicyclic) bond motifs is 1. The molecule has 1 N–H and O–H groups in total. The molecule has 0 atom stereocenters. The minimum atomic E-state index is -3.82. The van der Waals surface area contributed by atoms with Crippen LogP contribution in [0.5, 0.6) is 0 Å². The first-order chi connectivity index (χ1) is 15.7. The van der Waals surface area contributed by atoms with Crippen LogP contribution in [-0.2, 0) is 10.0 Å². The lowest BCUT2D eigenvalue weighted by Gasteiger charge is -2.32. The molecule has 0 unspecified atom stereocenters. The SMILES string of the molecule is CN(C)CCNS(=O)(=O)c1ccc(N2CCC(c3nc4ccccc4s3)CC2)c([N+](=O)[O-])c1. The maximum Gasteiger partial charge on any atom is 0.293 e. The minimum Gasteiger partial charge on any atom is -0.366 e. The number of sulfonamides is 1. The second-order valence-electron chi connectivity index (χ2n) is 8.39. The summed E-state index contributed by atoms with van der Waals surface area (Å²) in [6.07, 6.45) is 1.67. The Morgan fingerprint density at radius 3 is 2.61 bits per heavy atom. The van der Waals surface area contributed by atoms with Crippen LogP contribution in [0, 0.1) is 10.1 Å². The molecule has 9 nitrogen and oxygen atoms in total. The first kappa shape index (κ1) is 23.6. The maximum absolute atomic E-state index is 12.6. The van der Waals surface area contributed by atoms with Gasteiger partial charge >= 0.3 is 0 Å². The van der Waals surface area contributed by atoms with Crippen LogP contribution in [0.2, 0.25) is 0 Å². The van der Waals surface area contributed by atoms with Crippen molar-refractivity contribution in [2.45, 2.75) is 23.7 Å². The van der Waals surface area contributed by atoms with Crippen LogP contribution in [0.3, 0.4) is 0 Å². The first-order valence-corrected chi connectivity index (χ1v) is 13.1. The van der Waals surface area contributed by atoms with Crippen molar-refractivity contribution in [1.29, 1.82) is 0 Å². The van der Waals surface area contributed by atoms with E-state index >= 15 is 0 Å². The molecule has 2 heterocycles. The lowest BCUT2D eigenvalue weighted by Crippen LogP contribution is -2.33. The largest absolute Gasteiger partial charge is 0.366 e. The zero-order valence-corrected chi connectivity index (χ0v) is 20.2. The molecular weight excluding hydrogens is 462 g/mol. The third kappa shape index (κ3) is 5.32. The zero-order valence-electron chi connectivity index (χ0n) is 18.6. The number of nitrogens with zero attached hydrogens (tertiary/aromatic N) is 4. The molecule has 33 heavy (non-hydrogen) atoms. The fraction of sp³-hybridized carbons (Fsp3) is 0.409. The Labute approximate surface area is 197 Å². The van der Waals surface area contributed by atoms with Gasteiger partial charge in [-0.15, -0.1) is 11.3 Å². The van der Waals surface area contributed by atoms with E-state index in [0.717, 1.165) is 29.4 Å². The molecule has 0 aliphatic carbocycles. The lowest BCUT2D eigenvalue weighted by atomic mass is 9.97. The maximum atomic E-state index is 12.6. The van der Waals surface area contributed by atoms with E-state index in [1.165, 1.54) is 10.8 Å². The predicted octanol–water partition coefficient (Wildman–Crippen LogP) is 3.43. The molecule has 3 aromatic rings. The number of thiazole rings is 1. The molecule has 1 saturated heterocycles. The molecule has 1 aliphatic heterocycles. The van der Waals surface area contributed by atoms with E-state index in [2.05, 4.69) is 10.8 Å². The van der Waals surface area contributed by atoms with Gasteiger partial charge in [-0.3, -0.25) is 10.1 Å². The normalized spacial score (nSPS) is 15.4. The highest BCUT2D eigenvalue weighted by molar-refractivity contribution is 7.89. The number of nitro benzene ring substituents is 1. The van der Waals surface area contributed by atoms with Gasteiger partial charge in [0.1, 0.15) is 5.69 Å². The van der Waals surface area contributed by atoms with Crippen molar-refractivity contribution in [3.8, 4) is 0 Å². The number of nitrogens with one attached hydrogen (secondary N) is 1. The van der Waals surface area contributed by atoms with E-state index in [4.69, 9.17) is 4.98 Å². The van der Waals surface area contributed by atoms with Crippen LogP contribution in [0.1, 0.15) is 23.8 Å². The van der Waals surface area contributed by atoms with Gasteiger partial charge in [0.25, 0.3) is 5.69 Å². The number of hydrogen-bond donors (Lipinski definition) is 1. The van der Waals surface area contributed by atoms with E-state index in [1.54, 1.807) is 17.4 Å². The van der Waals surface area contributed by atoms with Crippen LogP contribution in [0.4, 0.5) is 11.4 Å². The molecule has 0 saturated carbocycles. The van der Waals surface area contributed by atoms with E-state index in [9.17, 15) is 18.5 Å². The average Bonchev–Trinajstić information content (AvgIpc) is 3.23. The van der Waals surface area contributed by atoms with E-state index in [1.807, 2.05) is 42.1 Å². The van der Waals surface area contributed by atoms with Gasteiger partial charge in [0.05, 0.1) is 25.0 Å². The van der Waals surface area contributed by atoms with Gasteiger partial charge in [-0.1, -0.05) is 12.1 Å². The molecule has 1 aliphatic rings. The van der Waals surface area contributed by atoms with Crippen LogP contribution in [0.15, 0.2) is 47.4 Å². The number of piperidine rings is 1. The van der Waals surface area contributed by atoms with Crippen molar-refractivity contribution >= 4 is 43.0 Å². The standard InChI is InChI=1S/C22H27N5O4S2/c1-25(2)14-11-23-33(30,31)17-7-8-19(20(15-17)27(28)29)26-12-9-16(10-13-26)22-24-18-5-3-4-6-21(18)32-22/h3-8,15-16,23H,9-14H2,1-2H3. The molecule has 1 aromatic heterocycles. The summed E-state index contributed by atoms with van der Waals surface area (Å²) >= 11 is 1.71. The smallest absolute Gasteiger partial charge is 0.293 e. The topological polar surface area (TPSA) is 109 Å². The number of rotatable bonds is 8. The Hall–Kier alpha value is -2.60.